The first kappa shape index (κ1) is 20.2. The number of hydrogen-bond donors (Lipinski definition) is 1. The van der Waals surface area contributed by atoms with E-state index in [4.69, 9.17) is 21.1 Å². The summed E-state index contributed by atoms with van der Waals surface area (Å²) in [6.45, 7) is 6.29. The molecule has 0 spiro atoms. The van der Waals surface area contributed by atoms with Gasteiger partial charge >= 0.3 is 0 Å². The summed E-state index contributed by atoms with van der Waals surface area (Å²) in [5.41, 5.74) is 3.77. The molecule has 0 unspecified atom stereocenters. The van der Waals surface area contributed by atoms with Crippen molar-refractivity contribution in [1.82, 2.24) is 10.2 Å². The Kier molecular flexibility index (Phi) is 5.81. The summed E-state index contributed by atoms with van der Waals surface area (Å²) >= 11 is 6.00. The highest BCUT2D eigenvalue weighted by Crippen LogP contribution is 2.31. The maximum Gasteiger partial charge on any atom is 0.251 e. The normalized spacial score (nSPS) is 24.2. The third-order valence-corrected chi connectivity index (χ3v) is 6.17. The highest BCUT2D eigenvalue weighted by atomic mass is 35.5. The lowest BCUT2D eigenvalue weighted by Crippen LogP contribution is -2.43. The van der Waals surface area contributed by atoms with Gasteiger partial charge in [-0.05, 0) is 61.2 Å². The summed E-state index contributed by atoms with van der Waals surface area (Å²) in [6.07, 6.45) is 0.956. The summed E-state index contributed by atoms with van der Waals surface area (Å²) in [5, 5.41) is 3.94. The van der Waals surface area contributed by atoms with E-state index in [1.807, 2.05) is 50.2 Å². The molecule has 1 N–H and O–H groups in total. The van der Waals surface area contributed by atoms with Gasteiger partial charge in [0.2, 0.25) is 0 Å². The van der Waals surface area contributed by atoms with Crippen LogP contribution in [0.15, 0.2) is 36.4 Å². The summed E-state index contributed by atoms with van der Waals surface area (Å²) in [4.78, 5) is 15.2. The van der Waals surface area contributed by atoms with Crippen LogP contribution in [0, 0.1) is 13.8 Å². The monoisotopic (exact) mass is 414 g/mol. The van der Waals surface area contributed by atoms with Crippen LogP contribution in [0.2, 0.25) is 5.02 Å². The third kappa shape index (κ3) is 4.27. The van der Waals surface area contributed by atoms with Crippen LogP contribution in [0.4, 0.5) is 0 Å². The van der Waals surface area contributed by atoms with E-state index in [0.717, 1.165) is 47.0 Å². The molecule has 0 aliphatic carbocycles. The van der Waals surface area contributed by atoms with Crippen LogP contribution in [0.3, 0.4) is 0 Å². The number of nitrogens with zero attached hydrogens (tertiary/aromatic N) is 1. The number of halogens is 1. The van der Waals surface area contributed by atoms with Gasteiger partial charge in [0.1, 0.15) is 5.75 Å². The zero-order valence-electron chi connectivity index (χ0n) is 17.1. The Bertz CT molecular complexity index is 876. The highest BCUT2D eigenvalue weighted by molar-refractivity contribution is 6.30. The lowest BCUT2D eigenvalue weighted by atomic mass is 10.0. The minimum atomic E-state index is -0.0288. The Balaban J connectivity index is 1.39. The lowest BCUT2D eigenvalue weighted by Gasteiger charge is -2.35. The molecule has 2 aromatic rings. The molecule has 6 heteroatoms. The van der Waals surface area contributed by atoms with Crippen molar-refractivity contribution >= 4 is 17.5 Å². The number of aryl methyl sites for hydroxylation is 2. The number of carbonyl (C=O) groups is 1. The van der Waals surface area contributed by atoms with E-state index in [-0.39, 0.29) is 18.1 Å². The summed E-state index contributed by atoms with van der Waals surface area (Å²) < 4.78 is 11.5. The van der Waals surface area contributed by atoms with Crippen molar-refractivity contribution in [2.45, 2.75) is 38.5 Å². The molecule has 0 aromatic heterocycles. The number of methoxy groups -OCH3 is 1. The van der Waals surface area contributed by atoms with E-state index < -0.39 is 0 Å². The van der Waals surface area contributed by atoms with Crippen molar-refractivity contribution < 1.29 is 14.3 Å². The van der Waals surface area contributed by atoms with Gasteiger partial charge in [-0.1, -0.05) is 23.7 Å². The van der Waals surface area contributed by atoms with Gasteiger partial charge in [-0.2, -0.15) is 0 Å². The Morgan fingerprint density at radius 3 is 2.52 bits per heavy atom. The second kappa shape index (κ2) is 8.34. The molecule has 154 valence electrons. The number of carbonyl (C=O) groups excluding carboxylic acids is 1. The van der Waals surface area contributed by atoms with Crippen molar-refractivity contribution in [1.29, 1.82) is 0 Å². The molecule has 0 saturated carbocycles. The standard InChI is InChI=1S/C23H27ClN2O3/c1-14-8-17(9-15(2)22(14)28-3)23(27)25-19-10-20-13-29-21(12-26(20)11-19)16-4-6-18(24)7-5-16/h4-9,19-21H,10-13H2,1-3H3,(H,25,27)/t19-,20+,21-/m1/s1. The van der Waals surface area contributed by atoms with Crippen molar-refractivity contribution in [3.63, 3.8) is 0 Å². The largest absolute Gasteiger partial charge is 0.496 e. The topological polar surface area (TPSA) is 50.8 Å². The van der Waals surface area contributed by atoms with Crippen LogP contribution in [-0.2, 0) is 4.74 Å². The second-order valence-corrected chi connectivity index (χ2v) is 8.47. The molecule has 2 aliphatic rings. The Morgan fingerprint density at radius 2 is 1.86 bits per heavy atom. The van der Waals surface area contributed by atoms with Gasteiger partial charge < -0.3 is 14.8 Å². The molecule has 2 saturated heterocycles. The first-order valence-corrected chi connectivity index (χ1v) is 10.4. The van der Waals surface area contributed by atoms with E-state index in [1.54, 1.807) is 7.11 Å². The first-order valence-electron chi connectivity index (χ1n) is 10.0. The first-order chi connectivity index (χ1) is 13.9. The zero-order chi connectivity index (χ0) is 20.5. The van der Waals surface area contributed by atoms with Gasteiger partial charge in [0, 0.05) is 35.8 Å². The Morgan fingerprint density at radius 1 is 1.17 bits per heavy atom. The number of amides is 1. The predicted octanol–water partition coefficient (Wildman–Crippen LogP) is 3.91. The Hall–Kier alpha value is -2.08. The number of fused-ring (bicyclic) bond motifs is 1. The SMILES string of the molecule is COc1c(C)cc(C(=O)N[C@@H]2C[C@H]3CO[C@@H](c4ccc(Cl)cc4)CN3C2)cc1C. The number of ether oxygens (including phenoxy) is 2. The van der Waals surface area contributed by atoms with E-state index >= 15 is 0 Å². The van der Waals surface area contributed by atoms with E-state index in [9.17, 15) is 4.79 Å². The summed E-state index contributed by atoms with van der Waals surface area (Å²) in [6, 6.07) is 12.1. The molecule has 5 nitrogen and oxygen atoms in total. The van der Waals surface area contributed by atoms with Crippen molar-refractivity contribution in [2.75, 3.05) is 26.8 Å². The van der Waals surface area contributed by atoms with E-state index in [1.165, 1.54) is 0 Å². The molecule has 29 heavy (non-hydrogen) atoms. The molecule has 4 rings (SSSR count). The van der Waals surface area contributed by atoms with Gasteiger partial charge in [-0.15, -0.1) is 0 Å². The smallest absolute Gasteiger partial charge is 0.251 e. The number of nitrogens with one attached hydrogen (secondary N) is 1. The molecule has 2 aliphatic heterocycles. The van der Waals surface area contributed by atoms with Crippen LogP contribution in [-0.4, -0.2) is 49.7 Å². The van der Waals surface area contributed by atoms with Gasteiger partial charge in [0.25, 0.3) is 5.91 Å². The molecule has 0 radical (unpaired) electrons. The maximum atomic E-state index is 12.8. The fourth-order valence-corrected chi connectivity index (χ4v) is 4.66. The van der Waals surface area contributed by atoms with Crippen LogP contribution in [0.1, 0.15) is 39.6 Å². The average molecular weight is 415 g/mol. The summed E-state index contributed by atoms with van der Waals surface area (Å²) in [7, 11) is 1.66. The fourth-order valence-electron chi connectivity index (χ4n) is 4.53. The minimum Gasteiger partial charge on any atom is -0.496 e. The molecule has 2 heterocycles. The molecular weight excluding hydrogens is 388 g/mol. The Labute approximate surface area is 176 Å². The second-order valence-electron chi connectivity index (χ2n) is 8.03. The minimum absolute atomic E-state index is 0.0288. The van der Waals surface area contributed by atoms with E-state index in [2.05, 4.69) is 10.2 Å². The average Bonchev–Trinajstić information content (AvgIpc) is 3.09. The van der Waals surface area contributed by atoms with Gasteiger partial charge in [-0.25, -0.2) is 0 Å². The maximum absolute atomic E-state index is 12.8. The third-order valence-electron chi connectivity index (χ3n) is 5.92. The van der Waals surface area contributed by atoms with Gasteiger partial charge in [-0.3, -0.25) is 9.69 Å². The predicted molar refractivity (Wildman–Crippen MR) is 114 cm³/mol. The van der Waals surface area contributed by atoms with Crippen molar-refractivity contribution in [3.05, 3.63) is 63.7 Å². The lowest BCUT2D eigenvalue weighted by molar-refractivity contribution is -0.0502. The quantitative estimate of drug-likeness (QED) is 0.824. The molecular formula is C23H27ClN2O3. The molecule has 3 atom stereocenters. The fraction of sp³-hybridized carbons (Fsp3) is 0.435. The van der Waals surface area contributed by atoms with Crippen molar-refractivity contribution in [2.24, 2.45) is 0 Å². The van der Waals surface area contributed by atoms with Crippen LogP contribution < -0.4 is 10.1 Å². The number of benzene rings is 2. The van der Waals surface area contributed by atoms with Crippen LogP contribution in [0.25, 0.3) is 0 Å². The number of hydrogen-bond acceptors (Lipinski definition) is 4. The van der Waals surface area contributed by atoms with Crippen LogP contribution >= 0.6 is 11.6 Å². The molecule has 2 aromatic carbocycles. The highest BCUT2D eigenvalue weighted by Gasteiger charge is 2.38. The molecule has 1 amide bonds. The van der Waals surface area contributed by atoms with E-state index in [0.29, 0.717) is 18.2 Å². The molecule has 2 fully saturated rings. The van der Waals surface area contributed by atoms with Gasteiger partial charge in [0.05, 0.1) is 19.8 Å². The zero-order valence-corrected chi connectivity index (χ0v) is 17.8. The number of morpholine rings is 1. The van der Waals surface area contributed by atoms with Crippen LogP contribution in [0.5, 0.6) is 5.75 Å². The molecule has 0 bridgehead atoms. The van der Waals surface area contributed by atoms with Gasteiger partial charge in [0.15, 0.2) is 0 Å². The summed E-state index contributed by atoms with van der Waals surface area (Å²) in [5.74, 6) is 0.809. The van der Waals surface area contributed by atoms with Crippen molar-refractivity contribution in [3.8, 4) is 5.75 Å². The number of rotatable bonds is 4.